The summed E-state index contributed by atoms with van der Waals surface area (Å²) in [4.78, 5) is 0. The Hall–Kier alpha value is 0.01000. The van der Waals surface area contributed by atoms with Crippen LogP contribution in [0.5, 0.6) is 0 Å². The Morgan fingerprint density at radius 1 is 0.519 bits per heavy atom. The largest absolute Gasteiger partial charge is 1.00 e. The van der Waals surface area contributed by atoms with Crippen LogP contribution in [0.4, 0.5) is 25.2 Å². The van der Waals surface area contributed by atoms with Crippen molar-refractivity contribution in [2.24, 2.45) is 5.92 Å². The van der Waals surface area contributed by atoms with Gasteiger partial charge in [-0.2, -0.15) is 0 Å². The fourth-order valence-corrected chi connectivity index (χ4v) is 2.92. The van der Waals surface area contributed by atoms with Crippen molar-refractivity contribution in [3.8, 4) is 0 Å². The molecule has 0 aliphatic heterocycles. The second-order valence-corrected chi connectivity index (χ2v) is 10.0. The number of rotatable bonds is 16. The van der Waals surface area contributed by atoms with Gasteiger partial charge in [-0.3, -0.25) is 0 Å². The van der Waals surface area contributed by atoms with Crippen molar-refractivity contribution in [1.29, 1.82) is 0 Å². The summed E-state index contributed by atoms with van der Waals surface area (Å²) in [5.41, 5.74) is 0. The molecule has 170 valence electrons. The Labute approximate surface area is 164 Å². The minimum absolute atomic E-state index is 0. The number of hydrogen-bond donors (Lipinski definition) is 0. The third-order valence-electron chi connectivity index (χ3n) is 4.39. The van der Waals surface area contributed by atoms with E-state index in [9.17, 15) is 25.2 Å². The monoisotopic (exact) mass is 428 g/mol. The SMILES string of the molecule is CCCCCCCCCCCCCCCCCC(C)C.F[P-](F)(F)(F)(F)F.[H+]. The maximum Gasteiger partial charge on any atom is 1.00 e. The van der Waals surface area contributed by atoms with Crippen molar-refractivity contribution in [1.82, 2.24) is 0 Å². The van der Waals surface area contributed by atoms with Gasteiger partial charge < -0.3 is 0 Å². The average molecular weight is 429 g/mol. The molecule has 0 aromatic carbocycles. The molecule has 0 aliphatic carbocycles. The molecule has 0 aromatic heterocycles. The van der Waals surface area contributed by atoms with Crippen molar-refractivity contribution in [2.45, 2.75) is 124 Å². The summed E-state index contributed by atoms with van der Waals surface area (Å²) < 4.78 is 59.2. The van der Waals surface area contributed by atoms with E-state index in [4.69, 9.17) is 0 Å². The summed E-state index contributed by atoms with van der Waals surface area (Å²) in [5, 5.41) is 0. The molecule has 0 saturated carbocycles. The van der Waals surface area contributed by atoms with Gasteiger partial charge in [0.2, 0.25) is 0 Å². The first kappa shape index (κ1) is 29.2. The van der Waals surface area contributed by atoms with E-state index >= 15 is 0 Å². The van der Waals surface area contributed by atoms with Crippen LogP contribution in [0.3, 0.4) is 0 Å². The quantitative estimate of drug-likeness (QED) is 0.130. The molecule has 0 heterocycles. The summed E-state index contributed by atoms with van der Waals surface area (Å²) in [6, 6.07) is 0. The van der Waals surface area contributed by atoms with E-state index < -0.39 is 7.81 Å². The molecule has 0 amide bonds. The number of hydrogen-bond acceptors (Lipinski definition) is 0. The predicted molar refractivity (Wildman–Crippen MR) is 109 cm³/mol. The van der Waals surface area contributed by atoms with Crippen LogP contribution in [0.15, 0.2) is 0 Å². The van der Waals surface area contributed by atoms with E-state index in [2.05, 4.69) is 20.8 Å². The third kappa shape index (κ3) is 51.8. The van der Waals surface area contributed by atoms with Gasteiger partial charge in [-0.05, 0) is 5.92 Å². The fourth-order valence-electron chi connectivity index (χ4n) is 2.92. The van der Waals surface area contributed by atoms with Crippen LogP contribution < -0.4 is 0 Å². The Kier molecular flexibility index (Phi) is 15.2. The molecule has 0 saturated heterocycles. The van der Waals surface area contributed by atoms with Crippen LogP contribution in [-0.2, 0) is 0 Å². The van der Waals surface area contributed by atoms with Crippen molar-refractivity contribution >= 4 is 7.81 Å². The number of unbranched alkanes of at least 4 members (excludes halogenated alkanes) is 14. The molecule has 0 bridgehead atoms. The molecule has 27 heavy (non-hydrogen) atoms. The van der Waals surface area contributed by atoms with Gasteiger partial charge in [-0.15, -0.1) is 0 Å². The summed E-state index contributed by atoms with van der Waals surface area (Å²) >= 11 is 0. The molecule has 7 heteroatoms. The molecule has 0 aliphatic rings. The smallest absolute Gasteiger partial charge is 1.00 e. The first-order chi connectivity index (χ1) is 12.2. The predicted octanol–water partition coefficient (Wildman–Crippen LogP) is 11.4. The van der Waals surface area contributed by atoms with Crippen molar-refractivity contribution < 1.29 is 26.6 Å². The van der Waals surface area contributed by atoms with E-state index in [1.807, 2.05) is 0 Å². The summed E-state index contributed by atoms with van der Waals surface area (Å²) in [6.07, 6.45) is 23.5. The van der Waals surface area contributed by atoms with Crippen LogP contribution in [0, 0.1) is 5.92 Å². The Morgan fingerprint density at radius 3 is 0.963 bits per heavy atom. The van der Waals surface area contributed by atoms with Gasteiger partial charge in [0.05, 0.1) is 0 Å². The van der Waals surface area contributed by atoms with E-state index in [1.165, 1.54) is 103 Å². The molecular weight excluding hydrogens is 385 g/mol. The van der Waals surface area contributed by atoms with Gasteiger partial charge in [0.15, 0.2) is 0 Å². The molecule has 0 rings (SSSR count). The first-order valence-corrected chi connectivity index (χ1v) is 12.8. The molecule has 0 N–H and O–H groups in total. The van der Waals surface area contributed by atoms with Gasteiger partial charge in [-0.25, -0.2) is 0 Å². The van der Waals surface area contributed by atoms with E-state index in [-0.39, 0.29) is 1.43 Å². The van der Waals surface area contributed by atoms with Crippen LogP contribution >= 0.6 is 7.81 Å². The molecule has 0 aromatic rings. The van der Waals surface area contributed by atoms with Gasteiger partial charge in [0.1, 0.15) is 0 Å². The number of halogens is 6. The third-order valence-corrected chi connectivity index (χ3v) is 4.39. The Morgan fingerprint density at radius 2 is 0.741 bits per heavy atom. The minimum Gasteiger partial charge on any atom is 1.00 e. The zero-order chi connectivity index (χ0) is 21.3. The molecule has 0 nitrogen and oxygen atoms in total. The van der Waals surface area contributed by atoms with Gasteiger partial charge in [0.25, 0.3) is 0 Å². The zero-order valence-electron chi connectivity index (χ0n) is 18.6. The molecule has 0 fully saturated rings. The maximum atomic E-state index is 9.87. The Bertz CT molecular complexity index is 318. The standard InChI is InChI=1S/C20H42.F6P/c1-4-5-6-7-8-9-10-11-12-13-14-15-16-17-18-19-20(2)3;1-7(2,3,4,5)6/h20H,4-19H2,1-3H3;/q;-1/p+1. The summed E-state index contributed by atoms with van der Waals surface area (Å²) in [5.74, 6) is 0.900. The molecular formula is C20H43F6P. The van der Waals surface area contributed by atoms with E-state index in [0.29, 0.717) is 0 Å². The second kappa shape index (κ2) is 14.1. The Balaban J connectivity index is -0.000000665. The topological polar surface area (TPSA) is 0 Å². The van der Waals surface area contributed by atoms with Gasteiger partial charge in [0, 0.05) is 0 Å². The average Bonchev–Trinajstić information content (AvgIpc) is 2.48. The molecule has 0 radical (unpaired) electrons. The van der Waals surface area contributed by atoms with Crippen LogP contribution in [0.1, 0.15) is 125 Å². The first-order valence-electron chi connectivity index (χ1n) is 10.8. The molecule has 0 atom stereocenters. The van der Waals surface area contributed by atoms with E-state index in [0.717, 1.165) is 5.92 Å². The fraction of sp³-hybridized carbons (Fsp3) is 1.00. The minimum atomic E-state index is -10.7. The summed E-state index contributed by atoms with van der Waals surface area (Å²) in [7, 11) is -10.7. The molecule has 0 spiro atoms. The second-order valence-electron chi connectivity index (χ2n) is 8.09. The van der Waals surface area contributed by atoms with Crippen LogP contribution in [0.2, 0.25) is 0 Å². The van der Waals surface area contributed by atoms with Gasteiger partial charge in [-0.1, -0.05) is 124 Å². The van der Waals surface area contributed by atoms with Crippen molar-refractivity contribution in [3.63, 3.8) is 0 Å². The summed E-state index contributed by atoms with van der Waals surface area (Å²) in [6.45, 7) is 6.97. The van der Waals surface area contributed by atoms with E-state index in [1.54, 1.807) is 0 Å². The van der Waals surface area contributed by atoms with Crippen molar-refractivity contribution in [2.75, 3.05) is 0 Å². The van der Waals surface area contributed by atoms with Crippen molar-refractivity contribution in [3.05, 3.63) is 0 Å². The maximum absolute atomic E-state index is 10.7. The van der Waals surface area contributed by atoms with Crippen LogP contribution in [0.25, 0.3) is 0 Å². The van der Waals surface area contributed by atoms with Crippen LogP contribution in [-0.4, -0.2) is 0 Å². The van der Waals surface area contributed by atoms with Gasteiger partial charge >= 0.3 is 34.4 Å². The zero-order valence-corrected chi connectivity index (χ0v) is 18.5. The normalized spacial score (nSPS) is 14.4. The molecule has 0 unspecified atom stereocenters.